The summed E-state index contributed by atoms with van der Waals surface area (Å²) < 4.78 is 5.56. The quantitative estimate of drug-likeness (QED) is 0.397. The van der Waals surface area contributed by atoms with Gasteiger partial charge in [0.15, 0.2) is 5.96 Å². The van der Waals surface area contributed by atoms with Crippen molar-refractivity contribution in [2.45, 2.75) is 31.9 Å². The van der Waals surface area contributed by atoms with Crippen molar-refractivity contribution in [3.8, 4) is 5.75 Å². The molecule has 1 fully saturated rings. The number of guanidine groups is 1. The van der Waals surface area contributed by atoms with Gasteiger partial charge in [-0.2, -0.15) is 11.8 Å². The van der Waals surface area contributed by atoms with Gasteiger partial charge in [0, 0.05) is 37.7 Å². The Kier molecular flexibility index (Phi) is 10.6. The van der Waals surface area contributed by atoms with Crippen molar-refractivity contribution in [2.75, 3.05) is 39.0 Å². The van der Waals surface area contributed by atoms with Crippen LogP contribution >= 0.6 is 35.7 Å². The standard InChI is InChI=1S/C18H29N3OS.HI/c1-4-17-14-21(11-12-23-17)18(19-3)20-10-9-15-7-6-8-16(13-15)22-5-2;/h6-8,13,17H,4-5,9-12,14H2,1-3H3,(H,19,20);1H. The second kappa shape index (κ2) is 11.8. The molecule has 0 aromatic heterocycles. The minimum atomic E-state index is 0. The average molecular weight is 463 g/mol. The van der Waals surface area contributed by atoms with Crippen LogP contribution in [0.3, 0.4) is 0 Å². The van der Waals surface area contributed by atoms with Crippen LogP contribution < -0.4 is 10.1 Å². The zero-order valence-electron chi connectivity index (χ0n) is 15.0. The third-order valence-electron chi connectivity index (χ3n) is 4.01. The molecule has 1 aromatic carbocycles. The van der Waals surface area contributed by atoms with Crippen molar-refractivity contribution < 1.29 is 4.74 Å². The summed E-state index contributed by atoms with van der Waals surface area (Å²) in [5.74, 6) is 3.17. The van der Waals surface area contributed by atoms with E-state index in [1.807, 2.05) is 20.0 Å². The Morgan fingerprint density at radius 2 is 2.25 bits per heavy atom. The number of rotatable bonds is 6. The number of hydrogen-bond acceptors (Lipinski definition) is 3. The lowest BCUT2D eigenvalue weighted by atomic mass is 10.1. The van der Waals surface area contributed by atoms with Gasteiger partial charge < -0.3 is 15.0 Å². The van der Waals surface area contributed by atoms with E-state index in [2.05, 4.69) is 52.1 Å². The monoisotopic (exact) mass is 463 g/mol. The summed E-state index contributed by atoms with van der Waals surface area (Å²) in [5.41, 5.74) is 1.29. The molecule has 6 heteroatoms. The molecule has 1 saturated heterocycles. The smallest absolute Gasteiger partial charge is 0.193 e. The Bertz CT molecular complexity index is 513. The molecule has 1 aromatic rings. The molecule has 136 valence electrons. The topological polar surface area (TPSA) is 36.9 Å². The molecule has 2 rings (SSSR count). The second-order valence-electron chi connectivity index (χ2n) is 5.65. The maximum atomic E-state index is 5.56. The van der Waals surface area contributed by atoms with Gasteiger partial charge >= 0.3 is 0 Å². The fraction of sp³-hybridized carbons (Fsp3) is 0.611. The van der Waals surface area contributed by atoms with E-state index < -0.39 is 0 Å². The highest BCUT2D eigenvalue weighted by atomic mass is 127. The number of hydrogen-bond donors (Lipinski definition) is 1. The predicted molar refractivity (Wildman–Crippen MR) is 116 cm³/mol. The fourth-order valence-corrected chi connectivity index (χ4v) is 3.95. The van der Waals surface area contributed by atoms with Gasteiger partial charge in [0.25, 0.3) is 0 Å². The van der Waals surface area contributed by atoms with E-state index in [0.29, 0.717) is 6.61 Å². The molecule has 0 amide bonds. The molecule has 4 nitrogen and oxygen atoms in total. The van der Waals surface area contributed by atoms with Gasteiger partial charge in [0.05, 0.1) is 6.61 Å². The van der Waals surface area contributed by atoms with Crippen LogP contribution in [0.5, 0.6) is 5.75 Å². The van der Waals surface area contributed by atoms with Gasteiger partial charge in [-0.25, -0.2) is 0 Å². The number of thioether (sulfide) groups is 1. The largest absolute Gasteiger partial charge is 0.494 e. The SMILES string of the molecule is CCOc1cccc(CCNC(=NC)N2CCSC(CC)C2)c1.I. The first-order valence-corrected chi connectivity index (χ1v) is 9.60. The van der Waals surface area contributed by atoms with Crippen molar-refractivity contribution in [2.24, 2.45) is 4.99 Å². The molecule has 1 N–H and O–H groups in total. The van der Waals surface area contributed by atoms with E-state index in [1.54, 1.807) is 0 Å². The molecular formula is C18H30IN3OS. The Hall–Kier alpha value is -0.630. The summed E-state index contributed by atoms with van der Waals surface area (Å²) in [5, 5.41) is 4.24. The van der Waals surface area contributed by atoms with Crippen LogP contribution in [0.25, 0.3) is 0 Å². The Labute approximate surface area is 167 Å². The van der Waals surface area contributed by atoms with Gasteiger partial charge in [-0.05, 0) is 37.5 Å². The Morgan fingerprint density at radius 1 is 1.42 bits per heavy atom. The lowest BCUT2D eigenvalue weighted by Crippen LogP contribution is -2.48. The number of nitrogens with one attached hydrogen (secondary N) is 1. The molecule has 1 atom stereocenters. The minimum absolute atomic E-state index is 0. The summed E-state index contributed by atoms with van der Waals surface area (Å²) in [6.45, 7) is 8.06. The van der Waals surface area contributed by atoms with Crippen molar-refractivity contribution in [1.29, 1.82) is 0 Å². The minimum Gasteiger partial charge on any atom is -0.494 e. The molecule has 0 spiro atoms. The lowest BCUT2D eigenvalue weighted by Gasteiger charge is -2.34. The number of benzene rings is 1. The van der Waals surface area contributed by atoms with Crippen LogP contribution in [0, 0.1) is 0 Å². The normalized spacial score (nSPS) is 18.0. The summed E-state index contributed by atoms with van der Waals surface area (Å²) in [6.07, 6.45) is 2.20. The number of aliphatic imine (C=N–C) groups is 1. The highest BCUT2D eigenvalue weighted by Crippen LogP contribution is 2.21. The zero-order valence-corrected chi connectivity index (χ0v) is 18.1. The number of ether oxygens (including phenoxy) is 1. The van der Waals surface area contributed by atoms with Gasteiger partial charge in [0.1, 0.15) is 5.75 Å². The molecule has 1 aliphatic heterocycles. The van der Waals surface area contributed by atoms with Gasteiger partial charge in [0.2, 0.25) is 0 Å². The van der Waals surface area contributed by atoms with Crippen molar-refractivity contribution in [3.63, 3.8) is 0 Å². The van der Waals surface area contributed by atoms with E-state index in [1.165, 1.54) is 17.7 Å². The lowest BCUT2D eigenvalue weighted by molar-refractivity contribution is 0.340. The maximum Gasteiger partial charge on any atom is 0.193 e. The van der Waals surface area contributed by atoms with Gasteiger partial charge in [-0.15, -0.1) is 24.0 Å². The van der Waals surface area contributed by atoms with Crippen LogP contribution in [-0.4, -0.2) is 55.2 Å². The van der Waals surface area contributed by atoms with Crippen LogP contribution in [0.2, 0.25) is 0 Å². The highest BCUT2D eigenvalue weighted by Gasteiger charge is 2.21. The van der Waals surface area contributed by atoms with Gasteiger partial charge in [-0.3, -0.25) is 4.99 Å². The summed E-state index contributed by atoms with van der Waals surface area (Å²) in [4.78, 5) is 6.85. The Balaban J connectivity index is 0.00000288. The van der Waals surface area contributed by atoms with Crippen molar-refractivity contribution in [1.82, 2.24) is 10.2 Å². The molecule has 1 aliphatic rings. The van der Waals surface area contributed by atoms with Crippen LogP contribution in [0.15, 0.2) is 29.3 Å². The Morgan fingerprint density at radius 3 is 2.96 bits per heavy atom. The predicted octanol–water partition coefficient (Wildman–Crippen LogP) is 3.65. The molecule has 0 aliphatic carbocycles. The van der Waals surface area contributed by atoms with E-state index in [9.17, 15) is 0 Å². The number of halogens is 1. The summed E-state index contributed by atoms with van der Waals surface area (Å²) in [7, 11) is 1.88. The summed E-state index contributed by atoms with van der Waals surface area (Å²) >= 11 is 2.08. The fourth-order valence-electron chi connectivity index (χ4n) is 2.77. The first kappa shape index (κ1) is 21.4. The molecule has 24 heavy (non-hydrogen) atoms. The van der Waals surface area contributed by atoms with Gasteiger partial charge in [-0.1, -0.05) is 19.1 Å². The van der Waals surface area contributed by atoms with Crippen molar-refractivity contribution in [3.05, 3.63) is 29.8 Å². The molecular weight excluding hydrogens is 433 g/mol. The third kappa shape index (κ3) is 6.70. The molecule has 0 saturated carbocycles. The first-order chi connectivity index (χ1) is 11.3. The van der Waals surface area contributed by atoms with E-state index in [0.717, 1.165) is 43.0 Å². The second-order valence-corrected chi connectivity index (χ2v) is 7.06. The number of nitrogens with zero attached hydrogens (tertiary/aromatic N) is 2. The molecule has 1 unspecified atom stereocenters. The van der Waals surface area contributed by atoms with Crippen molar-refractivity contribution >= 4 is 41.7 Å². The molecule has 1 heterocycles. The van der Waals surface area contributed by atoms with Crippen LogP contribution in [0.1, 0.15) is 25.8 Å². The average Bonchev–Trinajstić information content (AvgIpc) is 2.59. The van der Waals surface area contributed by atoms with E-state index in [4.69, 9.17) is 4.74 Å². The third-order valence-corrected chi connectivity index (χ3v) is 5.38. The zero-order chi connectivity index (χ0) is 16.5. The molecule has 0 bridgehead atoms. The maximum absolute atomic E-state index is 5.56. The van der Waals surface area contributed by atoms with Crippen LogP contribution in [-0.2, 0) is 6.42 Å². The highest BCUT2D eigenvalue weighted by molar-refractivity contribution is 14.0. The molecule has 0 radical (unpaired) electrons. The van der Waals surface area contributed by atoms with Crippen LogP contribution in [0.4, 0.5) is 0 Å². The van der Waals surface area contributed by atoms with E-state index >= 15 is 0 Å². The first-order valence-electron chi connectivity index (χ1n) is 8.55. The summed E-state index contributed by atoms with van der Waals surface area (Å²) in [6, 6.07) is 8.34. The van der Waals surface area contributed by atoms with E-state index in [-0.39, 0.29) is 24.0 Å².